The number of nitrogens with two attached hydrogens (primary N) is 1. The van der Waals surface area contributed by atoms with Crippen molar-refractivity contribution in [3.05, 3.63) is 40.2 Å². The van der Waals surface area contributed by atoms with Crippen LogP contribution in [0.5, 0.6) is 0 Å². The lowest BCUT2D eigenvalue weighted by molar-refractivity contribution is 0.734. The van der Waals surface area contributed by atoms with Crippen molar-refractivity contribution in [1.29, 1.82) is 5.26 Å². The molecular weight excluding hydrogens is 230 g/mol. The zero-order valence-corrected chi connectivity index (χ0v) is 10.4. The van der Waals surface area contributed by atoms with Gasteiger partial charge >= 0.3 is 0 Å². The van der Waals surface area contributed by atoms with Crippen LogP contribution in [-0.2, 0) is 6.42 Å². The second kappa shape index (κ2) is 5.09. The third kappa shape index (κ3) is 2.90. The Morgan fingerprint density at radius 2 is 2.12 bits per heavy atom. The molecule has 1 aromatic heterocycles. The van der Waals surface area contributed by atoms with Gasteiger partial charge in [0.05, 0.1) is 22.3 Å². The molecule has 1 aromatic carbocycles. The second-order valence-corrected chi connectivity index (χ2v) is 4.94. The van der Waals surface area contributed by atoms with Crippen LogP contribution in [0.3, 0.4) is 0 Å². The van der Waals surface area contributed by atoms with Crippen molar-refractivity contribution < 1.29 is 0 Å². The van der Waals surface area contributed by atoms with E-state index in [2.05, 4.69) is 11.1 Å². The van der Waals surface area contributed by atoms with Crippen LogP contribution in [0.1, 0.15) is 17.5 Å². The van der Waals surface area contributed by atoms with Gasteiger partial charge in [-0.15, -0.1) is 11.3 Å². The van der Waals surface area contributed by atoms with Crippen molar-refractivity contribution in [3.63, 3.8) is 0 Å². The van der Waals surface area contributed by atoms with Crippen molar-refractivity contribution in [1.82, 2.24) is 4.98 Å². The first-order valence-corrected chi connectivity index (χ1v) is 6.27. The van der Waals surface area contributed by atoms with Crippen LogP contribution >= 0.6 is 11.3 Å². The monoisotopic (exact) mass is 243 g/mol. The van der Waals surface area contributed by atoms with E-state index in [1.54, 1.807) is 23.5 Å². The lowest BCUT2D eigenvalue weighted by Crippen LogP contribution is -2.17. The molecule has 1 unspecified atom stereocenters. The van der Waals surface area contributed by atoms with Crippen LogP contribution in [0.4, 0.5) is 0 Å². The molecule has 17 heavy (non-hydrogen) atoms. The fourth-order valence-electron chi connectivity index (χ4n) is 1.53. The number of hydrogen-bond acceptors (Lipinski definition) is 4. The molecule has 2 aromatic rings. The van der Waals surface area contributed by atoms with Crippen LogP contribution in [0, 0.1) is 11.3 Å². The Balaban J connectivity index is 2.22. The molecule has 0 spiro atoms. The minimum Gasteiger partial charge on any atom is -0.328 e. The average Bonchev–Trinajstić information content (AvgIpc) is 2.77. The molecule has 1 heterocycles. The van der Waals surface area contributed by atoms with Gasteiger partial charge in [0.2, 0.25) is 0 Å². The average molecular weight is 243 g/mol. The van der Waals surface area contributed by atoms with E-state index in [4.69, 9.17) is 11.0 Å². The van der Waals surface area contributed by atoms with Gasteiger partial charge in [0.15, 0.2) is 0 Å². The molecule has 1 atom stereocenters. The summed E-state index contributed by atoms with van der Waals surface area (Å²) in [5.41, 5.74) is 8.40. The highest BCUT2D eigenvalue weighted by atomic mass is 32.1. The van der Waals surface area contributed by atoms with E-state index >= 15 is 0 Å². The van der Waals surface area contributed by atoms with Crippen molar-refractivity contribution in [2.24, 2.45) is 5.73 Å². The first-order chi connectivity index (χ1) is 8.19. The maximum atomic E-state index is 8.72. The molecule has 86 valence electrons. The Kier molecular flexibility index (Phi) is 3.52. The minimum absolute atomic E-state index is 0.134. The molecule has 0 aliphatic carbocycles. The molecule has 0 bridgehead atoms. The summed E-state index contributed by atoms with van der Waals surface area (Å²) < 4.78 is 0. The summed E-state index contributed by atoms with van der Waals surface area (Å²) in [4.78, 5) is 4.53. The van der Waals surface area contributed by atoms with Crippen molar-refractivity contribution in [2.45, 2.75) is 19.4 Å². The number of aromatic nitrogens is 1. The molecule has 2 rings (SSSR count). The molecule has 0 aliphatic heterocycles. The van der Waals surface area contributed by atoms with Gasteiger partial charge < -0.3 is 5.73 Å². The number of nitriles is 1. The van der Waals surface area contributed by atoms with E-state index in [1.807, 2.05) is 24.4 Å². The summed E-state index contributed by atoms with van der Waals surface area (Å²) in [5, 5.41) is 11.8. The smallest absolute Gasteiger partial charge is 0.0991 e. The largest absolute Gasteiger partial charge is 0.328 e. The van der Waals surface area contributed by atoms with Gasteiger partial charge in [0.25, 0.3) is 0 Å². The fourth-order valence-corrected chi connectivity index (χ4v) is 2.47. The highest BCUT2D eigenvalue weighted by molar-refractivity contribution is 7.09. The third-order valence-corrected chi connectivity index (χ3v) is 3.23. The maximum absolute atomic E-state index is 8.72. The lowest BCUT2D eigenvalue weighted by Gasteiger charge is -1.99. The van der Waals surface area contributed by atoms with Gasteiger partial charge in [0.1, 0.15) is 0 Å². The van der Waals surface area contributed by atoms with Gasteiger partial charge in [-0.25, -0.2) is 4.98 Å². The standard InChI is InChI=1S/C13H13N3S/c1-9(15)6-13-16-12(8-17-13)11-4-2-10(7-14)3-5-11/h2-5,8-9H,6,15H2,1H3. The molecule has 0 radical (unpaired) electrons. The Hall–Kier alpha value is -1.70. The summed E-state index contributed by atoms with van der Waals surface area (Å²) in [6.07, 6.45) is 0.806. The zero-order valence-electron chi connectivity index (χ0n) is 9.55. The molecule has 0 saturated heterocycles. The number of thiazole rings is 1. The van der Waals surface area contributed by atoms with Crippen LogP contribution in [-0.4, -0.2) is 11.0 Å². The maximum Gasteiger partial charge on any atom is 0.0991 e. The number of rotatable bonds is 3. The molecule has 0 amide bonds. The molecule has 0 aliphatic rings. The Morgan fingerprint density at radius 1 is 1.41 bits per heavy atom. The highest BCUT2D eigenvalue weighted by Crippen LogP contribution is 2.22. The van der Waals surface area contributed by atoms with Crippen LogP contribution < -0.4 is 5.73 Å². The van der Waals surface area contributed by atoms with Gasteiger partial charge in [0, 0.05) is 23.4 Å². The molecule has 2 N–H and O–H groups in total. The zero-order chi connectivity index (χ0) is 12.3. The third-order valence-electron chi connectivity index (χ3n) is 2.36. The van der Waals surface area contributed by atoms with Gasteiger partial charge in [-0.2, -0.15) is 5.26 Å². The number of benzene rings is 1. The molecular formula is C13H13N3S. The predicted molar refractivity (Wildman–Crippen MR) is 69.6 cm³/mol. The van der Waals surface area contributed by atoms with Crippen molar-refractivity contribution >= 4 is 11.3 Å². The first kappa shape index (κ1) is 11.8. The second-order valence-electron chi connectivity index (χ2n) is 4.00. The molecule has 4 heteroatoms. The Labute approximate surface area is 105 Å². The van der Waals surface area contributed by atoms with Crippen LogP contribution in [0.15, 0.2) is 29.6 Å². The van der Waals surface area contributed by atoms with Crippen LogP contribution in [0.2, 0.25) is 0 Å². The minimum atomic E-state index is 0.134. The lowest BCUT2D eigenvalue weighted by atomic mass is 10.1. The quantitative estimate of drug-likeness (QED) is 0.901. The predicted octanol–water partition coefficient (Wildman–Crippen LogP) is 2.57. The molecule has 3 nitrogen and oxygen atoms in total. The van der Waals surface area contributed by atoms with Gasteiger partial charge in [-0.1, -0.05) is 12.1 Å². The molecule has 0 fully saturated rings. The van der Waals surface area contributed by atoms with E-state index in [9.17, 15) is 0 Å². The Morgan fingerprint density at radius 3 is 2.71 bits per heavy atom. The fraction of sp³-hybridized carbons (Fsp3) is 0.231. The van der Waals surface area contributed by atoms with Gasteiger partial charge in [-0.05, 0) is 19.1 Å². The summed E-state index contributed by atoms with van der Waals surface area (Å²) in [5.74, 6) is 0. The van der Waals surface area contributed by atoms with E-state index in [0.717, 1.165) is 22.7 Å². The summed E-state index contributed by atoms with van der Waals surface area (Å²) in [6, 6.07) is 9.69. The summed E-state index contributed by atoms with van der Waals surface area (Å²) >= 11 is 1.63. The van der Waals surface area contributed by atoms with Crippen molar-refractivity contribution in [2.75, 3.05) is 0 Å². The van der Waals surface area contributed by atoms with Crippen molar-refractivity contribution in [3.8, 4) is 17.3 Å². The summed E-state index contributed by atoms with van der Waals surface area (Å²) in [7, 11) is 0. The highest BCUT2D eigenvalue weighted by Gasteiger charge is 2.06. The number of nitrogens with zero attached hydrogens (tertiary/aromatic N) is 2. The normalized spacial score (nSPS) is 12.1. The molecule has 0 saturated carbocycles. The van der Waals surface area contributed by atoms with Crippen LogP contribution in [0.25, 0.3) is 11.3 Å². The van der Waals surface area contributed by atoms with Gasteiger partial charge in [-0.3, -0.25) is 0 Å². The topological polar surface area (TPSA) is 62.7 Å². The first-order valence-electron chi connectivity index (χ1n) is 5.39. The van der Waals surface area contributed by atoms with E-state index in [0.29, 0.717) is 5.56 Å². The van der Waals surface area contributed by atoms with E-state index < -0.39 is 0 Å². The van der Waals surface area contributed by atoms with E-state index in [1.165, 1.54) is 0 Å². The van der Waals surface area contributed by atoms with E-state index in [-0.39, 0.29) is 6.04 Å². The Bertz CT molecular complexity index is 535. The SMILES string of the molecule is CC(N)Cc1nc(-c2ccc(C#N)cc2)cs1. The summed E-state index contributed by atoms with van der Waals surface area (Å²) in [6.45, 7) is 1.97. The number of hydrogen-bond donors (Lipinski definition) is 1.